The zero-order chi connectivity index (χ0) is 10.1. The Morgan fingerprint density at radius 3 is 2.54 bits per heavy atom. The molecule has 0 unspecified atom stereocenters. The molecule has 0 amide bonds. The van der Waals surface area contributed by atoms with Crippen LogP contribution in [0.1, 0.15) is 0 Å². The Morgan fingerprint density at radius 1 is 1.46 bits per heavy atom. The van der Waals surface area contributed by atoms with Crippen molar-refractivity contribution in [2.45, 2.75) is 0 Å². The molecule has 0 spiro atoms. The van der Waals surface area contributed by atoms with Crippen molar-refractivity contribution >= 4 is 33.0 Å². The Kier molecular flexibility index (Phi) is 2.68. The third-order valence-corrected chi connectivity index (χ3v) is 2.25. The highest BCUT2D eigenvalue weighted by Crippen LogP contribution is 2.22. The summed E-state index contributed by atoms with van der Waals surface area (Å²) >= 11 is 5.65. The second kappa shape index (κ2) is 3.43. The molecule has 1 aromatic rings. The van der Waals surface area contributed by atoms with Gasteiger partial charge in [0.2, 0.25) is 10.0 Å². The third kappa shape index (κ3) is 3.12. The first-order valence-corrected chi connectivity index (χ1v) is 5.68. The molecule has 0 atom stereocenters. The van der Waals surface area contributed by atoms with Crippen molar-refractivity contribution in [3.63, 3.8) is 0 Å². The lowest BCUT2D eigenvalue weighted by Gasteiger charge is -2.04. The van der Waals surface area contributed by atoms with E-state index in [2.05, 4.69) is 4.72 Å². The highest BCUT2D eigenvalue weighted by atomic mass is 35.5. The molecule has 0 radical (unpaired) electrons. The predicted molar refractivity (Wildman–Crippen MR) is 54.3 cm³/mol. The van der Waals surface area contributed by atoms with E-state index in [0.717, 1.165) is 6.26 Å². The lowest BCUT2D eigenvalue weighted by Crippen LogP contribution is -2.09. The number of nitrogens with one attached hydrogen (secondary N) is 1. The summed E-state index contributed by atoms with van der Waals surface area (Å²) < 4.78 is 23.9. The fourth-order valence-corrected chi connectivity index (χ4v) is 1.49. The molecule has 0 aliphatic rings. The molecule has 0 fully saturated rings. The summed E-state index contributed by atoms with van der Waals surface area (Å²) in [7, 11) is -3.26. The number of rotatable bonds is 2. The van der Waals surface area contributed by atoms with E-state index in [1.807, 2.05) is 0 Å². The van der Waals surface area contributed by atoms with Gasteiger partial charge in [-0.15, -0.1) is 0 Å². The van der Waals surface area contributed by atoms with E-state index in [0.29, 0.717) is 16.4 Å². The normalized spacial score (nSPS) is 11.2. The van der Waals surface area contributed by atoms with Crippen LogP contribution in [-0.4, -0.2) is 14.7 Å². The van der Waals surface area contributed by atoms with Gasteiger partial charge in [-0.05, 0) is 18.2 Å². The minimum absolute atomic E-state index is 0.343. The summed E-state index contributed by atoms with van der Waals surface area (Å²) in [6.07, 6.45) is 1.07. The van der Waals surface area contributed by atoms with Crippen molar-refractivity contribution in [3.05, 3.63) is 23.2 Å². The van der Waals surface area contributed by atoms with Gasteiger partial charge in [-0.3, -0.25) is 4.72 Å². The molecular weight excluding hydrogens is 212 g/mol. The molecule has 0 aliphatic carbocycles. The molecule has 3 N–H and O–H groups in total. The van der Waals surface area contributed by atoms with Crippen molar-refractivity contribution in [3.8, 4) is 0 Å². The SMILES string of the molecule is CS(=O)(=O)Nc1ccc(Cl)c(N)c1. The molecule has 0 saturated heterocycles. The van der Waals surface area contributed by atoms with Gasteiger partial charge < -0.3 is 5.73 Å². The van der Waals surface area contributed by atoms with E-state index in [4.69, 9.17) is 17.3 Å². The number of nitrogens with two attached hydrogens (primary N) is 1. The Bertz CT molecular complexity index is 417. The van der Waals surface area contributed by atoms with Gasteiger partial charge in [-0.1, -0.05) is 11.6 Å². The van der Waals surface area contributed by atoms with Gasteiger partial charge >= 0.3 is 0 Å². The average molecular weight is 221 g/mol. The number of benzene rings is 1. The van der Waals surface area contributed by atoms with E-state index in [1.54, 1.807) is 6.07 Å². The fourth-order valence-electron chi connectivity index (χ4n) is 0.821. The number of nitrogen functional groups attached to an aromatic ring is 1. The van der Waals surface area contributed by atoms with E-state index in [1.165, 1.54) is 12.1 Å². The number of halogens is 1. The third-order valence-electron chi connectivity index (χ3n) is 1.30. The molecule has 0 saturated carbocycles. The van der Waals surface area contributed by atoms with Gasteiger partial charge in [0.25, 0.3) is 0 Å². The molecule has 0 aliphatic heterocycles. The first kappa shape index (κ1) is 10.1. The molecule has 1 aromatic carbocycles. The van der Waals surface area contributed by atoms with E-state index in [-0.39, 0.29) is 0 Å². The maximum absolute atomic E-state index is 10.8. The Hall–Kier alpha value is -0.940. The van der Waals surface area contributed by atoms with Gasteiger partial charge in [0, 0.05) is 0 Å². The average Bonchev–Trinajstić information content (AvgIpc) is 1.94. The largest absolute Gasteiger partial charge is 0.397 e. The number of anilines is 2. The van der Waals surface area contributed by atoms with Crippen LogP contribution in [-0.2, 0) is 10.0 Å². The van der Waals surface area contributed by atoms with Crippen molar-refractivity contribution < 1.29 is 8.42 Å². The van der Waals surface area contributed by atoms with Crippen LogP contribution >= 0.6 is 11.6 Å². The van der Waals surface area contributed by atoms with Crippen LogP contribution in [0, 0.1) is 0 Å². The highest BCUT2D eigenvalue weighted by Gasteiger charge is 2.03. The van der Waals surface area contributed by atoms with Crippen molar-refractivity contribution in [1.82, 2.24) is 0 Å². The molecular formula is C7H9ClN2O2S. The van der Waals surface area contributed by atoms with Crippen LogP contribution in [0.3, 0.4) is 0 Å². The topological polar surface area (TPSA) is 72.2 Å². The molecule has 0 bridgehead atoms. The van der Waals surface area contributed by atoms with Gasteiger partial charge in [0.15, 0.2) is 0 Å². The monoisotopic (exact) mass is 220 g/mol. The molecule has 13 heavy (non-hydrogen) atoms. The number of hydrogen-bond donors (Lipinski definition) is 2. The molecule has 6 heteroatoms. The number of hydrogen-bond acceptors (Lipinski definition) is 3. The summed E-state index contributed by atoms with van der Waals surface area (Å²) in [5, 5.41) is 0.402. The maximum atomic E-state index is 10.8. The first-order chi connectivity index (χ1) is 5.88. The number of sulfonamides is 1. The van der Waals surface area contributed by atoms with Crippen molar-refractivity contribution in [1.29, 1.82) is 0 Å². The van der Waals surface area contributed by atoms with Crippen LogP contribution in [0.15, 0.2) is 18.2 Å². The summed E-state index contributed by atoms with van der Waals surface area (Å²) in [5.41, 5.74) is 6.22. The Morgan fingerprint density at radius 2 is 2.08 bits per heavy atom. The van der Waals surface area contributed by atoms with E-state index < -0.39 is 10.0 Å². The van der Waals surface area contributed by atoms with Gasteiger partial charge in [0.1, 0.15) is 0 Å². The smallest absolute Gasteiger partial charge is 0.229 e. The molecule has 72 valence electrons. The lowest BCUT2D eigenvalue weighted by atomic mass is 10.3. The van der Waals surface area contributed by atoms with Crippen LogP contribution < -0.4 is 10.5 Å². The molecule has 4 nitrogen and oxygen atoms in total. The summed E-state index contributed by atoms with van der Waals surface area (Å²) in [4.78, 5) is 0. The fraction of sp³-hybridized carbons (Fsp3) is 0.143. The molecule has 0 heterocycles. The van der Waals surface area contributed by atoms with Crippen molar-refractivity contribution in [2.75, 3.05) is 16.7 Å². The van der Waals surface area contributed by atoms with Crippen LogP contribution in [0.5, 0.6) is 0 Å². The second-order valence-corrected chi connectivity index (χ2v) is 4.77. The van der Waals surface area contributed by atoms with E-state index in [9.17, 15) is 8.42 Å². The quantitative estimate of drug-likeness (QED) is 0.738. The van der Waals surface area contributed by atoms with Gasteiger partial charge in [-0.2, -0.15) is 0 Å². The predicted octanol–water partition coefficient (Wildman–Crippen LogP) is 1.29. The zero-order valence-electron chi connectivity index (χ0n) is 6.91. The van der Waals surface area contributed by atoms with Crippen molar-refractivity contribution in [2.24, 2.45) is 0 Å². The van der Waals surface area contributed by atoms with Crippen LogP contribution in [0.4, 0.5) is 11.4 Å². The molecule has 0 aromatic heterocycles. The second-order valence-electron chi connectivity index (χ2n) is 2.61. The minimum Gasteiger partial charge on any atom is -0.397 e. The summed E-state index contributed by atoms with van der Waals surface area (Å²) in [6, 6.07) is 4.54. The van der Waals surface area contributed by atoms with Gasteiger partial charge in [-0.25, -0.2) is 8.42 Å². The Labute approximate surface area is 81.8 Å². The maximum Gasteiger partial charge on any atom is 0.229 e. The summed E-state index contributed by atoms with van der Waals surface area (Å²) in [5.74, 6) is 0. The summed E-state index contributed by atoms with van der Waals surface area (Å²) in [6.45, 7) is 0. The highest BCUT2D eigenvalue weighted by molar-refractivity contribution is 7.92. The van der Waals surface area contributed by atoms with Crippen LogP contribution in [0.2, 0.25) is 5.02 Å². The zero-order valence-corrected chi connectivity index (χ0v) is 8.48. The lowest BCUT2D eigenvalue weighted by molar-refractivity contribution is 0.607. The Balaban J connectivity index is 2.99. The van der Waals surface area contributed by atoms with Gasteiger partial charge in [0.05, 0.1) is 22.7 Å². The van der Waals surface area contributed by atoms with E-state index >= 15 is 0 Å². The molecule has 1 rings (SSSR count). The first-order valence-electron chi connectivity index (χ1n) is 3.41. The van der Waals surface area contributed by atoms with Crippen LogP contribution in [0.25, 0.3) is 0 Å². The minimum atomic E-state index is -3.26. The standard InChI is InChI=1S/C7H9ClN2O2S/c1-13(11,12)10-5-2-3-6(8)7(9)4-5/h2-4,10H,9H2,1H3.